The van der Waals surface area contributed by atoms with Gasteiger partial charge in [0.2, 0.25) is 15.9 Å². The van der Waals surface area contributed by atoms with Crippen molar-refractivity contribution in [3.05, 3.63) is 41.7 Å². The van der Waals surface area contributed by atoms with Crippen LogP contribution >= 0.6 is 11.3 Å². The summed E-state index contributed by atoms with van der Waals surface area (Å²) < 4.78 is 35.1. The topological polar surface area (TPSA) is 111 Å². The number of carbonyl (C=O) groups excluding carboxylic acids is 2. The Labute approximate surface area is 190 Å². The number of hydrogen-bond donors (Lipinski definition) is 1. The molecule has 1 aliphatic heterocycles. The Hall–Kier alpha value is -2.76. The van der Waals surface area contributed by atoms with Crippen LogP contribution in [0, 0.1) is 6.92 Å². The zero-order chi connectivity index (χ0) is 23.0. The second-order valence-corrected chi connectivity index (χ2v) is 10.6. The predicted molar refractivity (Wildman–Crippen MR) is 121 cm³/mol. The molecule has 1 atom stereocenters. The van der Waals surface area contributed by atoms with Crippen molar-refractivity contribution in [2.45, 2.75) is 37.6 Å². The van der Waals surface area contributed by atoms with E-state index in [1.807, 2.05) is 25.1 Å². The number of fused-ring (bicyclic) bond motifs is 1. The Bertz CT molecular complexity index is 1290. The molecule has 3 heterocycles. The fourth-order valence-corrected chi connectivity index (χ4v) is 6.48. The number of anilines is 1. The number of thiazole rings is 1. The quantitative estimate of drug-likeness (QED) is 0.548. The summed E-state index contributed by atoms with van der Waals surface area (Å²) in [6, 6.07) is 6.27. The molecule has 0 radical (unpaired) electrons. The minimum Gasteiger partial charge on any atom is -0.461 e. The molecule has 0 aliphatic carbocycles. The highest BCUT2D eigenvalue weighted by Crippen LogP contribution is 2.30. The van der Waals surface area contributed by atoms with Gasteiger partial charge >= 0.3 is 5.97 Å². The monoisotopic (exact) mass is 476 g/mol. The number of sulfonamides is 1. The highest BCUT2D eigenvalue weighted by molar-refractivity contribution is 7.89. The lowest BCUT2D eigenvalue weighted by Crippen LogP contribution is -2.43. The SMILES string of the molecule is CCOC(=O)c1cc(S(=O)(=O)N2CCCC2C(=O)Nc2nc3ccc(C)cc3s2)cn1C. The molecule has 0 bridgehead atoms. The number of aromatic nitrogens is 2. The summed E-state index contributed by atoms with van der Waals surface area (Å²) >= 11 is 1.35. The second-order valence-electron chi connectivity index (χ2n) is 7.65. The molecule has 1 aromatic carbocycles. The first kappa shape index (κ1) is 22.4. The van der Waals surface area contributed by atoms with Crippen LogP contribution in [-0.4, -0.2) is 53.3 Å². The predicted octanol–water partition coefficient (Wildman–Crippen LogP) is 2.91. The van der Waals surface area contributed by atoms with E-state index in [0.29, 0.717) is 18.0 Å². The number of amides is 1. The highest BCUT2D eigenvalue weighted by atomic mass is 32.2. The molecule has 0 saturated carbocycles. The standard InChI is InChI=1S/C21H24N4O5S2/c1-4-30-20(27)17-11-14(12-24(17)3)32(28,29)25-9-5-6-16(25)19(26)23-21-22-15-8-7-13(2)10-18(15)31-21/h7-8,10-12,16H,4-6,9H2,1-3H3,(H,22,23,26). The molecule has 11 heteroatoms. The number of benzene rings is 1. The number of carbonyl (C=O) groups is 2. The van der Waals surface area contributed by atoms with Gasteiger partial charge in [0.25, 0.3) is 0 Å². The zero-order valence-electron chi connectivity index (χ0n) is 18.0. The zero-order valence-corrected chi connectivity index (χ0v) is 19.6. The molecule has 32 heavy (non-hydrogen) atoms. The lowest BCUT2D eigenvalue weighted by Gasteiger charge is -2.22. The Balaban J connectivity index is 1.56. The van der Waals surface area contributed by atoms with E-state index in [4.69, 9.17) is 4.74 Å². The number of nitrogens with zero attached hydrogens (tertiary/aromatic N) is 3. The molecule has 1 saturated heterocycles. The van der Waals surface area contributed by atoms with Crippen LogP contribution in [-0.2, 0) is 26.6 Å². The van der Waals surface area contributed by atoms with Crippen LogP contribution in [0.25, 0.3) is 10.2 Å². The summed E-state index contributed by atoms with van der Waals surface area (Å²) in [4.78, 5) is 29.4. The first-order chi connectivity index (χ1) is 15.2. The number of nitrogens with one attached hydrogen (secondary N) is 1. The van der Waals surface area contributed by atoms with Gasteiger partial charge in [0.1, 0.15) is 16.6 Å². The summed E-state index contributed by atoms with van der Waals surface area (Å²) in [5, 5.41) is 3.22. The fraction of sp³-hybridized carbons (Fsp3) is 0.381. The van der Waals surface area contributed by atoms with Crippen molar-refractivity contribution in [2.24, 2.45) is 7.05 Å². The third-order valence-electron chi connectivity index (χ3n) is 5.35. The van der Waals surface area contributed by atoms with Crippen molar-refractivity contribution in [1.29, 1.82) is 0 Å². The number of ether oxygens (including phenoxy) is 1. The van der Waals surface area contributed by atoms with Gasteiger partial charge < -0.3 is 14.6 Å². The second kappa shape index (κ2) is 8.64. The van der Waals surface area contributed by atoms with Crippen LogP contribution in [0.3, 0.4) is 0 Å². The van der Waals surface area contributed by atoms with Crippen molar-refractivity contribution < 1.29 is 22.7 Å². The summed E-state index contributed by atoms with van der Waals surface area (Å²) in [6.07, 6.45) is 2.34. The van der Waals surface area contributed by atoms with E-state index < -0.39 is 27.9 Å². The Morgan fingerprint density at radius 1 is 1.31 bits per heavy atom. The van der Waals surface area contributed by atoms with Crippen molar-refractivity contribution >= 4 is 48.6 Å². The average Bonchev–Trinajstić information content (AvgIpc) is 3.45. The van der Waals surface area contributed by atoms with E-state index in [-0.39, 0.29) is 23.7 Å². The Morgan fingerprint density at radius 3 is 2.84 bits per heavy atom. The molecule has 9 nitrogen and oxygen atoms in total. The van der Waals surface area contributed by atoms with Gasteiger partial charge in [0.05, 0.1) is 16.8 Å². The molecule has 170 valence electrons. The number of rotatable bonds is 6. The molecule has 1 fully saturated rings. The molecule has 1 amide bonds. The molecular weight excluding hydrogens is 452 g/mol. The lowest BCUT2D eigenvalue weighted by molar-refractivity contribution is -0.119. The van der Waals surface area contributed by atoms with E-state index >= 15 is 0 Å². The smallest absolute Gasteiger partial charge is 0.354 e. The molecule has 3 aromatic rings. The molecule has 2 aromatic heterocycles. The maximum Gasteiger partial charge on any atom is 0.354 e. The first-order valence-electron chi connectivity index (χ1n) is 10.2. The number of hydrogen-bond acceptors (Lipinski definition) is 7. The fourth-order valence-electron chi connectivity index (χ4n) is 3.78. The van der Waals surface area contributed by atoms with E-state index in [1.54, 1.807) is 14.0 Å². The average molecular weight is 477 g/mol. The summed E-state index contributed by atoms with van der Waals surface area (Å²) in [7, 11) is -2.40. The Morgan fingerprint density at radius 2 is 2.09 bits per heavy atom. The summed E-state index contributed by atoms with van der Waals surface area (Å²) in [5.41, 5.74) is 2.01. The third kappa shape index (κ3) is 4.15. The Kier molecular flexibility index (Phi) is 6.06. The number of aryl methyl sites for hydroxylation is 2. The maximum atomic E-state index is 13.3. The third-order valence-corrected chi connectivity index (χ3v) is 8.16. The maximum absolute atomic E-state index is 13.3. The van der Waals surface area contributed by atoms with Crippen LogP contribution in [0.15, 0.2) is 35.4 Å². The van der Waals surface area contributed by atoms with E-state index in [9.17, 15) is 18.0 Å². The van der Waals surface area contributed by atoms with Crippen LogP contribution < -0.4 is 5.32 Å². The molecule has 4 rings (SSSR count). The van der Waals surface area contributed by atoms with Gasteiger partial charge in [-0.05, 0) is 50.5 Å². The van der Waals surface area contributed by atoms with Crippen molar-refractivity contribution in [3.8, 4) is 0 Å². The molecular formula is C21H24N4O5S2. The van der Waals surface area contributed by atoms with Gasteiger partial charge in [-0.2, -0.15) is 4.31 Å². The van der Waals surface area contributed by atoms with Crippen molar-refractivity contribution in [3.63, 3.8) is 0 Å². The number of esters is 1. The molecule has 0 spiro atoms. The summed E-state index contributed by atoms with van der Waals surface area (Å²) in [6.45, 7) is 4.07. The van der Waals surface area contributed by atoms with E-state index in [1.165, 1.54) is 32.5 Å². The highest BCUT2D eigenvalue weighted by Gasteiger charge is 2.40. The van der Waals surface area contributed by atoms with E-state index in [2.05, 4.69) is 10.3 Å². The first-order valence-corrected chi connectivity index (χ1v) is 12.5. The molecule has 1 aliphatic rings. The van der Waals surface area contributed by atoms with E-state index in [0.717, 1.165) is 15.8 Å². The molecule has 1 N–H and O–H groups in total. The van der Waals surface area contributed by atoms with Gasteiger partial charge in [0, 0.05) is 19.8 Å². The van der Waals surface area contributed by atoms with Gasteiger partial charge in [-0.15, -0.1) is 0 Å². The minimum absolute atomic E-state index is 0.0433. The minimum atomic E-state index is -3.98. The van der Waals surface area contributed by atoms with Gasteiger partial charge in [-0.1, -0.05) is 17.4 Å². The van der Waals surface area contributed by atoms with Crippen LogP contribution in [0.5, 0.6) is 0 Å². The van der Waals surface area contributed by atoms with Gasteiger partial charge in [0.15, 0.2) is 5.13 Å². The lowest BCUT2D eigenvalue weighted by atomic mass is 10.2. The largest absolute Gasteiger partial charge is 0.461 e. The van der Waals surface area contributed by atoms with Crippen LogP contribution in [0.2, 0.25) is 0 Å². The van der Waals surface area contributed by atoms with Crippen molar-refractivity contribution in [1.82, 2.24) is 13.9 Å². The van der Waals surface area contributed by atoms with Crippen molar-refractivity contribution in [2.75, 3.05) is 18.5 Å². The normalized spacial score (nSPS) is 17.0. The van der Waals surface area contributed by atoms with Gasteiger partial charge in [-0.3, -0.25) is 4.79 Å². The summed E-state index contributed by atoms with van der Waals surface area (Å²) in [5.74, 6) is -1.01. The van der Waals surface area contributed by atoms with Gasteiger partial charge in [-0.25, -0.2) is 18.2 Å². The van der Waals surface area contributed by atoms with Crippen LogP contribution in [0.1, 0.15) is 35.8 Å². The molecule has 1 unspecified atom stereocenters. The van der Waals surface area contributed by atoms with Crippen LogP contribution in [0.4, 0.5) is 5.13 Å².